The fraction of sp³-hybridized carbons (Fsp3) is 0.789. The Hall–Kier alpha value is -1.36. The Bertz CT molecular complexity index is 357. The van der Waals surface area contributed by atoms with Crippen molar-refractivity contribution in [3.8, 4) is 0 Å². The van der Waals surface area contributed by atoms with Crippen LogP contribution in [0.1, 0.15) is 77.6 Å². The molecule has 0 aromatic heterocycles. The van der Waals surface area contributed by atoms with Crippen molar-refractivity contribution < 1.29 is 14.7 Å². The molecule has 0 saturated carbocycles. The van der Waals surface area contributed by atoms with Crippen LogP contribution in [0.5, 0.6) is 0 Å². The number of allylic oxidation sites excluding steroid dienone is 1. The first-order valence-electron chi connectivity index (χ1n) is 9.45. The number of aliphatic hydroxyl groups excluding tert-OH is 1. The van der Waals surface area contributed by atoms with Crippen molar-refractivity contribution in [2.75, 3.05) is 13.2 Å². The van der Waals surface area contributed by atoms with Crippen molar-refractivity contribution in [3.05, 3.63) is 12.2 Å². The van der Waals surface area contributed by atoms with Gasteiger partial charge in [0.2, 0.25) is 11.8 Å². The first kappa shape index (κ1) is 22.6. The molecular weight excluding hydrogens is 304 g/mol. The van der Waals surface area contributed by atoms with Gasteiger partial charge >= 0.3 is 0 Å². The van der Waals surface area contributed by atoms with Crippen LogP contribution in [-0.4, -0.2) is 30.1 Å². The minimum absolute atomic E-state index is 0.0267. The van der Waals surface area contributed by atoms with Gasteiger partial charge in [0.05, 0.1) is 5.92 Å². The number of primary amides is 1. The lowest BCUT2D eigenvalue weighted by molar-refractivity contribution is -0.127. The third-order valence-electron chi connectivity index (χ3n) is 3.98. The van der Waals surface area contributed by atoms with Gasteiger partial charge in [-0.05, 0) is 19.3 Å². The lowest BCUT2D eigenvalue weighted by atomic mass is 10.0. The van der Waals surface area contributed by atoms with Crippen LogP contribution in [0.25, 0.3) is 0 Å². The molecule has 0 bridgehead atoms. The van der Waals surface area contributed by atoms with Crippen LogP contribution in [0.3, 0.4) is 0 Å². The van der Waals surface area contributed by atoms with Crippen molar-refractivity contribution in [1.82, 2.24) is 5.32 Å². The molecule has 140 valence electrons. The molecule has 1 atom stereocenters. The highest BCUT2D eigenvalue weighted by atomic mass is 16.3. The van der Waals surface area contributed by atoms with Crippen LogP contribution < -0.4 is 11.1 Å². The molecule has 5 heteroatoms. The zero-order valence-corrected chi connectivity index (χ0v) is 15.3. The molecule has 0 aromatic rings. The average molecular weight is 341 g/mol. The second-order valence-corrected chi connectivity index (χ2v) is 6.34. The molecule has 0 aliphatic rings. The number of hydrogen-bond acceptors (Lipinski definition) is 3. The molecule has 0 rings (SSSR count). The van der Waals surface area contributed by atoms with Gasteiger partial charge in [-0.25, -0.2) is 0 Å². The van der Waals surface area contributed by atoms with Gasteiger partial charge < -0.3 is 16.2 Å². The van der Waals surface area contributed by atoms with Crippen molar-refractivity contribution in [2.45, 2.75) is 77.6 Å². The molecule has 0 aliphatic carbocycles. The molecule has 0 heterocycles. The average Bonchev–Trinajstić information content (AvgIpc) is 2.55. The second kappa shape index (κ2) is 16.5. The smallest absolute Gasteiger partial charge is 0.227 e. The van der Waals surface area contributed by atoms with Crippen molar-refractivity contribution in [1.29, 1.82) is 0 Å². The zero-order chi connectivity index (χ0) is 18.0. The SMILES string of the molecule is CCCCCCCCCCC=CC(CC(N)=O)C(=O)NCCCO. The summed E-state index contributed by atoms with van der Waals surface area (Å²) in [5.41, 5.74) is 5.21. The fourth-order valence-corrected chi connectivity index (χ4v) is 2.54. The van der Waals surface area contributed by atoms with Crippen LogP contribution in [0.2, 0.25) is 0 Å². The molecule has 5 nitrogen and oxygen atoms in total. The van der Waals surface area contributed by atoms with E-state index < -0.39 is 11.8 Å². The van der Waals surface area contributed by atoms with Gasteiger partial charge in [0.15, 0.2) is 0 Å². The number of amides is 2. The topological polar surface area (TPSA) is 92.4 Å². The molecule has 24 heavy (non-hydrogen) atoms. The summed E-state index contributed by atoms with van der Waals surface area (Å²) in [6.45, 7) is 2.68. The van der Waals surface area contributed by atoms with E-state index >= 15 is 0 Å². The van der Waals surface area contributed by atoms with E-state index in [1.807, 2.05) is 6.08 Å². The van der Waals surface area contributed by atoms with E-state index in [-0.39, 0.29) is 18.9 Å². The maximum Gasteiger partial charge on any atom is 0.227 e. The number of carbonyl (C=O) groups is 2. The van der Waals surface area contributed by atoms with Gasteiger partial charge in [0, 0.05) is 19.6 Å². The van der Waals surface area contributed by atoms with Crippen LogP contribution in [0.4, 0.5) is 0 Å². The van der Waals surface area contributed by atoms with Crippen molar-refractivity contribution in [3.63, 3.8) is 0 Å². The molecule has 0 aliphatic heterocycles. The predicted octanol–water partition coefficient (Wildman–Crippen LogP) is 3.06. The van der Waals surface area contributed by atoms with Gasteiger partial charge in [-0.15, -0.1) is 0 Å². The van der Waals surface area contributed by atoms with Crippen LogP contribution in [-0.2, 0) is 9.59 Å². The van der Waals surface area contributed by atoms with E-state index in [2.05, 4.69) is 12.2 Å². The molecule has 4 N–H and O–H groups in total. The third-order valence-corrected chi connectivity index (χ3v) is 3.98. The largest absolute Gasteiger partial charge is 0.396 e. The number of aliphatic hydroxyl groups is 1. The van der Waals surface area contributed by atoms with Gasteiger partial charge in [0.25, 0.3) is 0 Å². The van der Waals surface area contributed by atoms with Gasteiger partial charge in [0.1, 0.15) is 0 Å². The zero-order valence-electron chi connectivity index (χ0n) is 15.3. The van der Waals surface area contributed by atoms with Crippen molar-refractivity contribution >= 4 is 11.8 Å². The Labute approximate surface area is 147 Å². The monoisotopic (exact) mass is 340 g/mol. The van der Waals surface area contributed by atoms with E-state index in [0.29, 0.717) is 13.0 Å². The van der Waals surface area contributed by atoms with E-state index in [4.69, 9.17) is 10.8 Å². The summed E-state index contributed by atoms with van der Waals surface area (Å²) in [6, 6.07) is 0. The fourth-order valence-electron chi connectivity index (χ4n) is 2.54. The molecule has 1 unspecified atom stereocenters. The summed E-state index contributed by atoms with van der Waals surface area (Å²) in [5, 5.41) is 11.4. The van der Waals surface area contributed by atoms with Crippen LogP contribution >= 0.6 is 0 Å². The highest BCUT2D eigenvalue weighted by molar-refractivity contribution is 5.86. The Kier molecular flexibility index (Phi) is 15.6. The number of nitrogens with two attached hydrogens (primary N) is 1. The minimum atomic E-state index is -0.504. The summed E-state index contributed by atoms with van der Waals surface area (Å²) < 4.78 is 0. The highest BCUT2D eigenvalue weighted by Crippen LogP contribution is 2.11. The standard InChI is InChI=1S/C19H36N2O3/c1-2-3-4-5-6-7-8-9-10-11-13-17(16-18(20)23)19(24)21-14-12-15-22/h11,13,17,22H,2-10,12,14-16H2,1H3,(H2,20,23)(H,21,24). The number of unbranched alkanes of at least 4 members (excludes halogenated alkanes) is 8. The molecule has 0 saturated heterocycles. The quantitative estimate of drug-likeness (QED) is 0.298. The van der Waals surface area contributed by atoms with E-state index in [9.17, 15) is 9.59 Å². The Morgan fingerprint density at radius 1 is 1.04 bits per heavy atom. The normalized spacial score (nSPS) is 12.4. The molecular formula is C19H36N2O3. The number of hydrogen-bond donors (Lipinski definition) is 3. The molecule has 2 amide bonds. The van der Waals surface area contributed by atoms with E-state index in [0.717, 1.165) is 12.8 Å². The maximum atomic E-state index is 12.0. The van der Waals surface area contributed by atoms with E-state index in [1.54, 1.807) is 6.08 Å². The van der Waals surface area contributed by atoms with Gasteiger partial charge in [-0.2, -0.15) is 0 Å². The highest BCUT2D eigenvalue weighted by Gasteiger charge is 2.17. The second-order valence-electron chi connectivity index (χ2n) is 6.34. The number of nitrogens with one attached hydrogen (secondary N) is 1. The van der Waals surface area contributed by atoms with Crippen LogP contribution in [0, 0.1) is 5.92 Å². The first-order valence-corrected chi connectivity index (χ1v) is 9.45. The molecule has 0 aromatic carbocycles. The van der Waals surface area contributed by atoms with Gasteiger partial charge in [-0.1, -0.05) is 64.0 Å². The molecule has 0 spiro atoms. The first-order chi connectivity index (χ1) is 11.6. The predicted molar refractivity (Wildman–Crippen MR) is 98.4 cm³/mol. The molecule has 0 radical (unpaired) electrons. The van der Waals surface area contributed by atoms with E-state index in [1.165, 1.54) is 44.9 Å². The third kappa shape index (κ3) is 14.2. The summed E-state index contributed by atoms with van der Waals surface area (Å²) >= 11 is 0. The Morgan fingerprint density at radius 3 is 2.25 bits per heavy atom. The van der Waals surface area contributed by atoms with Crippen molar-refractivity contribution in [2.24, 2.45) is 11.7 Å². The Balaban J connectivity index is 3.91. The summed E-state index contributed by atoms with van der Waals surface area (Å²) in [4.78, 5) is 23.1. The minimum Gasteiger partial charge on any atom is -0.396 e. The number of rotatable bonds is 16. The lowest BCUT2D eigenvalue weighted by Crippen LogP contribution is -2.33. The summed E-state index contributed by atoms with van der Waals surface area (Å²) in [5.74, 6) is -1.18. The Morgan fingerprint density at radius 2 is 1.67 bits per heavy atom. The van der Waals surface area contributed by atoms with Crippen LogP contribution in [0.15, 0.2) is 12.2 Å². The van der Waals surface area contributed by atoms with Gasteiger partial charge in [-0.3, -0.25) is 9.59 Å². The summed E-state index contributed by atoms with van der Waals surface area (Å²) in [6.07, 6.45) is 15.4. The number of carbonyl (C=O) groups excluding carboxylic acids is 2. The molecule has 0 fully saturated rings. The maximum absolute atomic E-state index is 12.0. The lowest BCUT2D eigenvalue weighted by Gasteiger charge is -2.11. The summed E-state index contributed by atoms with van der Waals surface area (Å²) in [7, 11) is 0.